The number of carbonyl (C=O) groups excluding carboxylic acids is 1. The molecule has 0 aliphatic heterocycles. The molecular formula is C12H17N5O3. The Morgan fingerprint density at radius 1 is 1.45 bits per heavy atom. The highest BCUT2D eigenvalue weighted by Gasteiger charge is 2.30. The summed E-state index contributed by atoms with van der Waals surface area (Å²) in [6, 6.07) is 0. The summed E-state index contributed by atoms with van der Waals surface area (Å²) in [6.45, 7) is 8.25. The molecule has 0 saturated heterocycles. The zero-order chi connectivity index (χ0) is 14.8. The maximum atomic E-state index is 11.9. The Morgan fingerprint density at radius 3 is 2.75 bits per heavy atom. The van der Waals surface area contributed by atoms with Gasteiger partial charge in [-0.2, -0.15) is 4.98 Å². The predicted octanol–water partition coefficient (Wildman–Crippen LogP) is 1.18. The number of hydrogen-bond acceptors (Lipinski definition) is 7. The second-order valence-electron chi connectivity index (χ2n) is 5.26. The number of esters is 1. The molecule has 2 heterocycles. The first kappa shape index (κ1) is 14.2. The van der Waals surface area contributed by atoms with Crippen molar-refractivity contribution in [1.82, 2.24) is 25.1 Å². The van der Waals surface area contributed by atoms with E-state index in [1.807, 2.05) is 20.8 Å². The Bertz CT molecular complexity index is 583. The molecular weight excluding hydrogens is 262 g/mol. The van der Waals surface area contributed by atoms with Crippen LogP contribution in [-0.2, 0) is 16.7 Å². The van der Waals surface area contributed by atoms with E-state index in [0.717, 1.165) is 0 Å². The molecule has 0 fully saturated rings. The van der Waals surface area contributed by atoms with Crippen LogP contribution in [0, 0.1) is 0 Å². The molecule has 0 radical (unpaired) electrons. The van der Waals surface area contributed by atoms with E-state index in [1.165, 1.54) is 6.39 Å². The fourth-order valence-electron chi connectivity index (χ4n) is 1.90. The van der Waals surface area contributed by atoms with Crippen LogP contribution in [0.4, 0.5) is 0 Å². The van der Waals surface area contributed by atoms with Gasteiger partial charge in [-0.1, -0.05) is 31.1 Å². The highest BCUT2D eigenvalue weighted by atomic mass is 16.5. The van der Waals surface area contributed by atoms with E-state index >= 15 is 0 Å². The van der Waals surface area contributed by atoms with Gasteiger partial charge in [-0.05, 0) is 6.92 Å². The molecule has 0 bridgehead atoms. The number of nitrogens with zero attached hydrogens (tertiary/aromatic N) is 5. The van der Waals surface area contributed by atoms with Crippen LogP contribution in [0.15, 0.2) is 10.9 Å². The first-order valence-electron chi connectivity index (χ1n) is 6.29. The third-order valence-corrected chi connectivity index (χ3v) is 2.61. The molecule has 0 N–H and O–H groups in total. The molecule has 0 atom stereocenters. The quantitative estimate of drug-likeness (QED) is 0.775. The zero-order valence-electron chi connectivity index (χ0n) is 12.0. The van der Waals surface area contributed by atoms with Gasteiger partial charge in [0.2, 0.25) is 6.39 Å². The van der Waals surface area contributed by atoms with Crippen LogP contribution in [0.5, 0.6) is 0 Å². The van der Waals surface area contributed by atoms with Crippen molar-refractivity contribution in [3.05, 3.63) is 23.6 Å². The summed E-state index contributed by atoms with van der Waals surface area (Å²) in [5.74, 6) is -0.00686. The first-order chi connectivity index (χ1) is 9.43. The van der Waals surface area contributed by atoms with Crippen molar-refractivity contribution in [3.63, 3.8) is 0 Å². The van der Waals surface area contributed by atoms with Gasteiger partial charge in [0.05, 0.1) is 12.3 Å². The fraction of sp³-hybridized carbons (Fsp3) is 0.583. The summed E-state index contributed by atoms with van der Waals surface area (Å²) < 4.78 is 11.3. The van der Waals surface area contributed by atoms with Crippen molar-refractivity contribution < 1.29 is 14.1 Å². The second-order valence-corrected chi connectivity index (χ2v) is 5.26. The Labute approximate surface area is 116 Å². The summed E-state index contributed by atoms with van der Waals surface area (Å²) in [7, 11) is 0. The normalized spacial score (nSPS) is 11.6. The molecule has 108 valence electrons. The molecule has 8 nitrogen and oxygen atoms in total. The van der Waals surface area contributed by atoms with E-state index in [2.05, 4.69) is 20.5 Å². The van der Waals surface area contributed by atoms with Crippen molar-refractivity contribution in [1.29, 1.82) is 0 Å². The fourth-order valence-corrected chi connectivity index (χ4v) is 1.90. The third-order valence-electron chi connectivity index (χ3n) is 2.61. The standard InChI is InChI=1S/C12H17N5O3/c1-5-19-11(18)9-10(12(2,3)4)17(16-14-9)6-8-13-7-20-15-8/h7H,5-6H2,1-4H3. The van der Waals surface area contributed by atoms with Crippen molar-refractivity contribution in [2.75, 3.05) is 6.61 Å². The van der Waals surface area contributed by atoms with Gasteiger partial charge in [0.25, 0.3) is 0 Å². The molecule has 0 aromatic carbocycles. The van der Waals surface area contributed by atoms with Gasteiger partial charge in [-0.3, -0.25) is 0 Å². The molecule has 8 heteroatoms. The van der Waals surface area contributed by atoms with E-state index in [-0.39, 0.29) is 17.7 Å². The van der Waals surface area contributed by atoms with Crippen LogP contribution in [0.25, 0.3) is 0 Å². The number of ether oxygens (including phenoxy) is 1. The molecule has 0 aliphatic rings. The van der Waals surface area contributed by atoms with E-state index in [1.54, 1.807) is 11.6 Å². The van der Waals surface area contributed by atoms with Gasteiger partial charge in [0, 0.05) is 5.41 Å². The Morgan fingerprint density at radius 2 is 2.20 bits per heavy atom. The zero-order valence-corrected chi connectivity index (χ0v) is 12.0. The van der Waals surface area contributed by atoms with E-state index in [0.29, 0.717) is 18.1 Å². The minimum absolute atomic E-state index is 0.225. The lowest BCUT2D eigenvalue weighted by Gasteiger charge is -2.20. The van der Waals surface area contributed by atoms with E-state index in [9.17, 15) is 4.79 Å². The Kier molecular flexibility index (Phi) is 3.82. The van der Waals surface area contributed by atoms with Crippen molar-refractivity contribution >= 4 is 5.97 Å². The van der Waals surface area contributed by atoms with Crippen LogP contribution in [0.2, 0.25) is 0 Å². The molecule has 0 saturated carbocycles. The van der Waals surface area contributed by atoms with Gasteiger partial charge in [0.1, 0.15) is 6.54 Å². The summed E-state index contributed by atoms with van der Waals surface area (Å²) in [5.41, 5.74) is 0.582. The number of hydrogen-bond donors (Lipinski definition) is 0. The van der Waals surface area contributed by atoms with Crippen LogP contribution < -0.4 is 0 Å². The lowest BCUT2D eigenvalue weighted by atomic mass is 9.90. The average molecular weight is 279 g/mol. The monoisotopic (exact) mass is 279 g/mol. The maximum Gasteiger partial charge on any atom is 0.360 e. The maximum absolute atomic E-state index is 11.9. The van der Waals surface area contributed by atoms with Gasteiger partial charge in [-0.25, -0.2) is 9.48 Å². The average Bonchev–Trinajstić information content (AvgIpc) is 2.98. The highest BCUT2D eigenvalue weighted by molar-refractivity contribution is 5.88. The number of aromatic nitrogens is 5. The minimum Gasteiger partial charge on any atom is -0.461 e. The highest BCUT2D eigenvalue weighted by Crippen LogP contribution is 2.25. The smallest absolute Gasteiger partial charge is 0.360 e. The number of carbonyl (C=O) groups is 1. The number of rotatable bonds is 4. The van der Waals surface area contributed by atoms with Crippen LogP contribution in [0.1, 0.15) is 49.7 Å². The Hall–Kier alpha value is -2.25. The molecule has 2 aromatic rings. The van der Waals surface area contributed by atoms with Gasteiger partial charge in [0.15, 0.2) is 11.5 Å². The summed E-state index contributed by atoms with van der Waals surface area (Å²) in [5, 5.41) is 11.7. The van der Waals surface area contributed by atoms with Crippen molar-refractivity contribution in [3.8, 4) is 0 Å². The summed E-state index contributed by atoms with van der Waals surface area (Å²) in [4.78, 5) is 15.9. The van der Waals surface area contributed by atoms with Crippen LogP contribution in [0.3, 0.4) is 0 Å². The lowest BCUT2D eigenvalue weighted by Crippen LogP contribution is -2.23. The topological polar surface area (TPSA) is 95.9 Å². The van der Waals surface area contributed by atoms with Crippen LogP contribution >= 0.6 is 0 Å². The molecule has 0 spiro atoms. The molecule has 20 heavy (non-hydrogen) atoms. The first-order valence-corrected chi connectivity index (χ1v) is 6.29. The van der Waals surface area contributed by atoms with Crippen molar-refractivity contribution in [2.24, 2.45) is 0 Å². The molecule has 0 aliphatic carbocycles. The lowest BCUT2D eigenvalue weighted by molar-refractivity contribution is 0.0516. The van der Waals surface area contributed by atoms with E-state index < -0.39 is 5.97 Å². The largest absolute Gasteiger partial charge is 0.461 e. The molecule has 2 aromatic heterocycles. The van der Waals surface area contributed by atoms with E-state index in [4.69, 9.17) is 9.26 Å². The third kappa shape index (κ3) is 2.84. The summed E-state index contributed by atoms with van der Waals surface area (Å²) >= 11 is 0. The minimum atomic E-state index is -0.475. The Balaban J connectivity index is 2.40. The van der Waals surface area contributed by atoms with Crippen molar-refractivity contribution in [2.45, 2.75) is 39.7 Å². The molecule has 2 rings (SSSR count). The van der Waals surface area contributed by atoms with Gasteiger partial charge < -0.3 is 9.26 Å². The molecule has 0 amide bonds. The van der Waals surface area contributed by atoms with Gasteiger partial charge in [-0.15, -0.1) is 5.10 Å². The van der Waals surface area contributed by atoms with Crippen LogP contribution in [-0.4, -0.2) is 37.7 Å². The summed E-state index contributed by atoms with van der Waals surface area (Å²) in [6.07, 6.45) is 1.25. The SMILES string of the molecule is CCOC(=O)c1nnn(Cc2ncon2)c1C(C)(C)C. The predicted molar refractivity (Wildman–Crippen MR) is 68.1 cm³/mol. The van der Waals surface area contributed by atoms with Gasteiger partial charge >= 0.3 is 5.97 Å². The molecule has 0 unspecified atom stereocenters. The second kappa shape index (κ2) is 5.40.